The van der Waals surface area contributed by atoms with Crippen molar-refractivity contribution < 1.29 is 14.6 Å². The summed E-state index contributed by atoms with van der Waals surface area (Å²) in [6, 6.07) is 8.59. The second-order valence-corrected chi connectivity index (χ2v) is 7.35. The quantitative estimate of drug-likeness (QED) is 0.906. The molecule has 3 heteroatoms. The maximum Gasteiger partial charge on any atom is 0.106 e. The minimum atomic E-state index is -0.487. The number of fused-ring (bicyclic) bond motifs is 4. The lowest BCUT2D eigenvalue weighted by Crippen LogP contribution is -2.34. The number of benzene rings is 1. The van der Waals surface area contributed by atoms with Gasteiger partial charge in [-0.15, -0.1) is 0 Å². The Morgan fingerprint density at radius 2 is 1.71 bits per heavy atom. The molecule has 1 aromatic rings. The van der Waals surface area contributed by atoms with Gasteiger partial charge in [0.05, 0.1) is 6.10 Å². The van der Waals surface area contributed by atoms with Crippen LogP contribution in [-0.4, -0.2) is 37.6 Å². The summed E-state index contributed by atoms with van der Waals surface area (Å²) >= 11 is 0. The van der Waals surface area contributed by atoms with Crippen molar-refractivity contribution in [2.24, 2.45) is 0 Å². The number of hydrogen-bond acceptors (Lipinski definition) is 3. The fraction of sp³-hybridized carbons (Fsp3) is 0.429. The molecule has 3 aliphatic rings. The van der Waals surface area contributed by atoms with Crippen molar-refractivity contribution in [3.63, 3.8) is 0 Å². The molecule has 0 fully saturated rings. The van der Waals surface area contributed by atoms with Crippen LogP contribution in [0.3, 0.4) is 0 Å². The second-order valence-electron chi connectivity index (χ2n) is 7.35. The minimum absolute atomic E-state index is 0.0556. The van der Waals surface area contributed by atoms with E-state index in [-0.39, 0.29) is 17.6 Å². The summed E-state index contributed by atoms with van der Waals surface area (Å²) in [4.78, 5) is 0. The number of aliphatic hydroxyl groups is 1. The summed E-state index contributed by atoms with van der Waals surface area (Å²) in [5.74, 6) is 0. The van der Waals surface area contributed by atoms with Crippen molar-refractivity contribution in [1.82, 2.24) is 0 Å². The Balaban J connectivity index is 1.94. The molecule has 1 N–H and O–H groups in total. The summed E-state index contributed by atoms with van der Waals surface area (Å²) in [7, 11) is 3.38. The highest BCUT2D eigenvalue weighted by Crippen LogP contribution is 2.55. The summed E-state index contributed by atoms with van der Waals surface area (Å²) in [6.07, 6.45) is 4.05. The molecule has 0 radical (unpaired) electrons. The Bertz CT molecular complexity index is 782. The fourth-order valence-corrected chi connectivity index (χ4v) is 4.49. The molecular formula is C21H24O3. The number of methoxy groups -OCH3 is 2. The molecular weight excluding hydrogens is 300 g/mol. The third-order valence-electron chi connectivity index (χ3n) is 5.81. The van der Waals surface area contributed by atoms with Crippen LogP contribution in [-0.2, 0) is 14.9 Å². The predicted molar refractivity (Wildman–Crippen MR) is 94.8 cm³/mol. The molecule has 0 heterocycles. The third kappa shape index (κ3) is 2.02. The van der Waals surface area contributed by atoms with Crippen molar-refractivity contribution in [2.45, 2.75) is 44.0 Å². The molecule has 0 amide bonds. The van der Waals surface area contributed by atoms with E-state index >= 15 is 0 Å². The van der Waals surface area contributed by atoms with E-state index in [1.165, 1.54) is 22.3 Å². The first-order valence-electron chi connectivity index (χ1n) is 8.50. The topological polar surface area (TPSA) is 38.7 Å². The van der Waals surface area contributed by atoms with Crippen molar-refractivity contribution in [2.75, 3.05) is 14.2 Å². The van der Waals surface area contributed by atoms with Gasteiger partial charge < -0.3 is 14.6 Å². The van der Waals surface area contributed by atoms with Crippen LogP contribution in [0, 0.1) is 0 Å². The Morgan fingerprint density at radius 3 is 2.42 bits per heavy atom. The smallest absolute Gasteiger partial charge is 0.106 e. The lowest BCUT2D eigenvalue weighted by molar-refractivity contribution is 0.0119. The lowest BCUT2D eigenvalue weighted by atomic mass is 9.72. The normalized spacial score (nSPS) is 30.3. The number of hydrogen-bond donors (Lipinski definition) is 1. The van der Waals surface area contributed by atoms with Crippen LogP contribution in [0.1, 0.15) is 31.4 Å². The zero-order chi connectivity index (χ0) is 17.1. The van der Waals surface area contributed by atoms with Gasteiger partial charge in [0.1, 0.15) is 12.2 Å². The van der Waals surface area contributed by atoms with Gasteiger partial charge in [0.25, 0.3) is 0 Å². The van der Waals surface area contributed by atoms with E-state index < -0.39 is 6.10 Å². The van der Waals surface area contributed by atoms with Crippen LogP contribution in [0.4, 0.5) is 0 Å². The van der Waals surface area contributed by atoms with Crippen molar-refractivity contribution in [3.8, 4) is 0 Å². The SMILES string of the molecule is COC1C=C2C(=CC1OC)C(O)CC1=C2c2ccccc2C1(C)C. The van der Waals surface area contributed by atoms with E-state index in [0.29, 0.717) is 6.42 Å². The van der Waals surface area contributed by atoms with Gasteiger partial charge in [0.2, 0.25) is 0 Å². The molecule has 0 spiro atoms. The summed E-state index contributed by atoms with van der Waals surface area (Å²) in [5.41, 5.74) is 7.26. The average molecular weight is 324 g/mol. The summed E-state index contributed by atoms with van der Waals surface area (Å²) in [5, 5.41) is 10.8. The van der Waals surface area contributed by atoms with E-state index in [0.717, 1.165) is 11.1 Å². The van der Waals surface area contributed by atoms with Crippen molar-refractivity contribution in [1.29, 1.82) is 0 Å². The number of allylic oxidation sites excluding steroid dienone is 1. The molecule has 0 saturated carbocycles. The molecule has 126 valence electrons. The monoisotopic (exact) mass is 324 g/mol. The van der Waals surface area contributed by atoms with Crippen LogP contribution in [0.2, 0.25) is 0 Å². The Kier molecular flexibility index (Phi) is 3.57. The maximum absolute atomic E-state index is 10.8. The van der Waals surface area contributed by atoms with E-state index in [1.807, 2.05) is 6.08 Å². The van der Waals surface area contributed by atoms with Crippen LogP contribution in [0.15, 0.2) is 53.1 Å². The first-order valence-corrected chi connectivity index (χ1v) is 8.50. The van der Waals surface area contributed by atoms with Gasteiger partial charge in [-0.25, -0.2) is 0 Å². The highest BCUT2D eigenvalue weighted by Gasteiger charge is 2.44. The second kappa shape index (κ2) is 5.41. The number of aliphatic hydroxyl groups excluding tert-OH is 1. The Morgan fingerprint density at radius 1 is 1.04 bits per heavy atom. The number of rotatable bonds is 2. The van der Waals surface area contributed by atoms with E-state index in [9.17, 15) is 5.11 Å². The van der Waals surface area contributed by atoms with Crippen LogP contribution in [0.5, 0.6) is 0 Å². The van der Waals surface area contributed by atoms with Gasteiger partial charge in [0.15, 0.2) is 0 Å². The van der Waals surface area contributed by atoms with Gasteiger partial charge >= 0.3 is 0 Å². The largest absolute Gasteiger partial charge is 0.388 e. The Labute approximate surface area is 143 Å². The van der Waals surface area contributed by atoms with Crippen LogP contribution >= 0.6 is 0 Å². The average Bonchev–Trinajstić information content (AvgIpc) is 2.82. The first kappa shape index (κ1) is 15.8. The van der Waals surface area contributed by atoms with Crippen molar-refractivity contribution in [3.05, 3.63) is 64.3 Å². The first-order chi connectivity index (χ1) is 11.5. The van der Waals surface area contributed by atoms with E-state index in [4.69, 9.17) is 9.47 Å². The predicted octanol–water partition coefficient (Wildman–Crippen LogP) is 3.39. The van der Waals surface area contributed by atoms with Gasteiger partial charge in [-0.05, 0) is 45.6 Å². The molecule has 0 aliphatic heterocycles. The summed E-state index contributed by atoms with van der Waals surface area (Å²) < 4.78 is 11.2. The van der Waals surface area contributed by atoms with Crippen molar-refractivity contribution >= 4 is 5.57 Å². The molecule has 0 saturated heterocycles. The molecule has 3 aliphatic carbocycles. The Hall–Kier alpha value is -1.68. The fourth-order valence-electron chi connectivity index (χ4n) is 4.49. The highest BCUT2D eigenvalue weighted by molar-refractivity contribution is 5.94. The van der Waals surface area contributed by atoms with E-state index in [2.05, 4.69) is 44.2 Å². The van der Waals surface area contributed by atoms with E-state index in [1.54, 1.807) is 14.2 Å². The zero-order valence-electron chi connectivity index (χ0n) is 14.7. The molecule has 0 bridgehead atoms. The van der Waals surface area contributed by atoms with Crippen LogP contribution in [0.25, 0.3) is 5.57 Å². The third-order valence-corrected chi connectivity index (χ3v) is 5.81. The molecule has 4 rings (SSSR count). The lowest BCUT2D eigenvalue weighted by Gasteiger charge is -2.36. The highest BCUT2D eigenvalue weighted by atomic mass is 16.5. The molecule has 3 atom stereocenters. The van der Waals surface area contributed by atoms with Gasteiger partial charge in [-0.1, -0.05) is 38.1 Å². The molecule has 1 aromatic carbocycles. The standard InChI is InChI=1S/C21H24O3/c1-21(2)15-8-6-5-7-12(15)20-14-10-19(24-4)18(23-3)9-13(14)17(22)11-16(20)21/h5-10,17-19,22H,11H2,1-4H3. The minimum Gasteiger partial charge on any atom is -0.388 e. The molecule has 3 nitrogen and oxygen atoms in total. The zero-order valence-corrected chi connectivity index (χ0v) is 14.7. The van der Waals surface area contributed by atoms with Gasteiger partial charge in [-0.2, -0.15) is 0 Å². The van der Waals surface area contributed by atoms with Crippen LogP contribution < -0.4 is 0 Å². The summed E-state index contributed by atoms with van der Waals surface area (Å²) in [6.45, 7) is 4.51. The molecule has 24 heavy (non-hydrogen) atoms. The molecule has 0 aromatic heterocycles. The molecule has 3 unspecified atom stereocenters. The number of ether oxygens (including phenoxy) is 2. The van der Waals surface area contributed by atoms with Gasteiger partial charge in [-0.3, -0.25) is 0 Å². The van der Waals surface area contributed by atoms with Gasteiger partial charge in [0, 0.05) is 26.1 Å². The maximum atomic E-state index is 10.8.